The van der Waals surface area contributed by atoms with Gasteiger partial charge in [0.1, 0.15) is 10.6 Å². The Morgan fingerprint density at radius 2 is 1.17 bits per heavy atom. The van der Waals surface area contributed by atoms with Crippen molar-refractivity contribution in [3.63, 3.8) is 0 Å². The van der Waals surface area contributed by atoms with Crippen LogP contribution in [0.25, 0.3) is 0 Å². The van der Waals surface area contributed by atoms with Crippen LogP contribution in [-0.4, -0.2) is 8.42 Å². The first-order chi connectivity index (χ1) is 11.1. The summed E-state index contributed by atoms with van der Waals surface area (Å²) in [6.07, 6.45) is 0. The number of rotatable bonds is 5. The standard InChI is InChI=1S/C18H15NO3S/c20-23(21,18-9-5-2-6-10-18)22-17-13-11-16(12-14-17)19-15-7-3-1-4-8-15/h1-14,19H. The van der Waals surface area contributed by atoms with Gasteiger partial charge in [0.15, 0.2) is 0 Å². The summed E-state index contributed by atoms with van der Waals surface area (Å²) in [5.41, 5.74) is 1.80. The lowest BCUT2D eigenvalue weighted by Crippen LogP contribution is -2.09. The molecule has 1 N–H and O–H groups in total. The molecule has 0 saturated carbocycles. The molecule has 5 heteroatoms. The van der Waals surface area contributed by atoms with Crippen LogP contribution in [0.1, 0.15) is 0 Å². The number of para-hydroxylation sites is 1. The zero-order valence-corrected chi connectivity index (χ0v) is 13.0. The third-order valence-corrected chi connectivity index (χ3v) is 4.42. The summed E-state index contributed by atoms with van der Waals surface area (Å²) in [6.45, 7) is 0. The van der Waals surface area contributed by atoms with Gasteiger partial charge in [0.2, 0.25) is 0 Å². The number of anilines is 2. The van der Waals surface area contributed by atoms with Gasteiger partial charge in [0.05, 0.1) is 0 Å². The van der Waals surface area contributed by atoms with E-state index in [1.165, 1.54) is 12.1 Å². The first-order valence-electron chi connectivity index (χ1n) is 7.05. The van der Waals surface area contributed by atoms with Gasteiger partial charge in [-0.1, -0.05) is 36.4 Å². The van der Waals surface area contributed by atoms with Crippen molar-refractivity contribution < 1.29 is 12.6 Å². The summed E-state index contributed by atoms with van der Waals surface area (Å²) < 4.78 is 29.4. The van der Waals surface area contributed by atoms with Crippen LogP contribution in [0.2, 0.25) is 0 Å². The van der Waals surface area contributed by atoms with Crippen LogP contribution in [0.5, 0.6) is 5.75 Å². The Morgan fingerprint density at radius 1 is 0.652 bits per heavy atom. The quantitative estimate of drug-likeness (QED) is 0.714. The Morgan fingerprint density at radius 3 is 1.78 bits per heavy atom. The fraction of sp³-hybridized carbons (Fsp3) is 0. The number of hydrogen-bond acceptors (Lipinski definition) is 4. The highest BCUT2D eigenvalue weighted by Gasteiger charge is 2.15. The summed E-state index contributed by atoms with van der Waals surface area (Å²) in [5, 5.41) is 3.22. The highest BCUT2D eigenvalue weighted by molar-refractivity contribution is 7.87. The Balaban J connectivity index is 1.73. The summed E-state index contributed by atoms with van der Waals surface area (Å²) in [5.74, 6) is 0.271. The van der Waals surface area contributed by atoms with Gasteiger partial charge in [-0.25, -0.2) is 0 Å². The summed E-state index contributed by atoms with van der Waals surface area (Å²) in [7, 11) is -3.81. The minimum absolute atomic E-state index is 0.131. The maximum Gasteiger partial charge on any atom is 0.339 e. The van der Waals surface area contributed by atoms with E-state index in [2.05, 4.69) is 5.32 Å². The molecule has 116 valence electrons. The molecule has 0 atom stereocenters. The average molecular weight is 325 g/mol. The topological polar surface area (TPSA) is 55.4 Å². The van der Waals surface area contributed by atoms with Gasteiger partial charge in [-0.2, -0.15) is 8.42 Å². The van der Waals surface area contributed by atoms with Crippen LogP contribution in [0.4, 0.5) is 11.4 Å². The Kier molecular flexibility index (Phi) is 4.30. The lowest BCUT2D eigenvalue weighted by molar-refractivity contribution is 0.486. The summed E-state index contributed by atoms with van der Waals surface area (Å²) in [4.78, 5) is 0.131. The molecule has 0 aromatic heterocycles. The highest BCUT2D eigenvalue weighted by Crippen LogP contribution is 2.22. The van der Waals surface area contributed by atoms with Crippen LogP contribution < -0.4 is 9.50 Å². The van der Waals surface area contributed by atoms with Gasteiger partial charge in [-0.05, 0) is 48.5 Å². The molecule has 0 unspecified atom stereocenters. The van der Waals surface area contributed by atoms with E-state index in [1.54, 1.807) is 42.5 Å². The second kappa shape index (κ2) is 6.54. The first kappa shape index (κ1) is 15.1. The van der Waals surface area contributed by atoms with Crippen LogP contribution in [0, 0.1) is 0 Å². The van der Waals surface area contributed by atoms with Crippen molar-refractivity contribution in [1.82, 2.24) is 0 Å². The van der Waals surface area contributed by atoms with E-state index < -0.39 is 10.1 Å². The SMILES string of the molecule is O=S(=O)(Oc1ccc(Nc2ccccc2)cc1)c1ccccc1. The fourth-order valence-corrected chi connectivity index (χ4v) is 3.00. The molecule has 3 aromatic rings. The lowest BCUT2D eigenvalue weighted by atomic mass is 10.2. The van der Waals surface area contributed by atoms with Gasteiger partial charge in [0, 0.05) is 11.4 Å². The summed E-state index contributed by atoms with van der Waals surface area (Å²) in [6, 6.07) is 24.5. The molecule has 0 heterocycles. The average Bonchev–Trinajstić information content (AvgIpc) is 2.58. The predicted octanol–water partition coefficient (Wildman–Crippen LogP) is 4.20. The fourth-order valence-electron chi connectivity index (χ4n) is 2.04. The maximum atomic E-state index is 12.1. The van der Waals surface area contributed by atoms with Gasteiger partial charge < -0.3 is 9.50 Å². The van der Waals surface area contributed by atoms with E-state index >= 15 is 0 Å². The van der Waals surface area contributed by atoms with E-state index in [0.717, 1.165) is 11.4 Å². The molecule has 0 radical (unpaired) electrons. The molecule has 0 fully saturated rings. The normalized spacial score (nSPS) is 11.0. The molecule has 3 aromatic carbocycles. The van der Waals surface area contributed by atoms with Crippen molar-refractivity contribution in [3.8, 4) is 5.75 Å². The molecule has 0 aliphatic carbocycles. The minimum atomic E-state index is -3.81. The molecule has 0 aliphatic rings. The van der Waals surface area contributed by atoms with Gasteiger partial charge >= 0.3 is 10.1 Å². The van der Waals surface area contributed by atoms with Crippen molar-refractivity contribution in [2.24, 2.45) is 0 Å². The van der Waals surface area contributed by atoms with Gasteiger partial charge in [0.25, 0.3) is 0 Å². The van der Waals surface area contributed by atoms with Crippen molar-refractivity contribution >= 4 is 21.5 Å². The zero-order chi connectivity index (χ0) is 16.1. The summed E-state index contributed by atoms with van der Waals surface area (Å²) >= 11 is 0. The number of benzene rings is 3. The second-order valence-electron chi connectivity index (χ2n) is 4.87. The Hall–Kier alpha value is -2.79. The van der Waals surface area contributed by atoms with Crippen LogP contribution in [0.3, 0.4) is 0 Å². The van der Waals surface area contributed by atoms with E-state index in [9.17, 15) is 8.42 Å². The molecule has 0 spiro atoms. The molecule has 0 bridgehead atoms. The molecule has 3 rings (SSSR count). The zero-order valence-electron chi connectivity index (χ0n) is 12.2. The molecule has 0 saturated heterocycles. The number of nitrogens with one attached hydrogen (secondary N) is 1. The highest BCUT2D eigenvalue weighted by atomic mass is 32.2. The molecule has 4 nitrogen and oxygen atoms in total. The minimum Gasteiger partial charge on any atom is -0.379 e. The largest absolute Gasteiger partial charge is 0.379 e. The predicted molar refractivity (Wildman–Crippen MR) is 90.4 cm³/mol. The Labute approximate surface area is 135 Å². The smallest absolute Gasteiger partial charge is 0.339 e. The molecular weight excluding hydrogens is 310 g/mol. The third kappa shape index (κ3) is 3.90. The first-order valence-corrected chi connectivity index (χ1v) is 8.46. The molecule has 0 aliphatic heterocycles. The molecular formula is C18H15NO3S. The third-order valence-electron chi connectivity index (χ3n) is 3.15. The van der Waals surface area contributed by atoms with E-state index in [0.29, 0.717) is 0 Å². The van der Waals surface area contributed by atoms with E-state index in [-0.39, 0.29) is 10.6 Å². The van der Waals surface area contributed by atoms with Gasteiger partial charge in [-0.15, -0.1) is 0 Å². The van der Waals surface area contributed by atoms with Crippen LogP contribution in [0.15, 0.2) is 89.8 Å². The Bertz CT molecular complexity index is 861. The van der Waals surface area contributed by atoms with E-state index in [4.69, 9.17) is 4.18 Å². The maximum absolute atomic E-state index is 12.1. The van der Waals surface area contributed by atoms with Crippen molar-refractivity contribution in [2.75, 3.05) is 5.32 Å². The second-order valence-corrected chi connectivity index (χ2v) is 6.41. The van der Waals surface area contributed by atoms with Crippen LogP contribution in [-0.2, 0) is 10.1 Å². The molecule has 23 heavy (non-hydrogen) atoms. The van der Waals surface area contributed by atoms with Crippen molar-refractivity contribution in [3.05, 3.63) is 84.9 Å². The lowest BCUT2D eigenvalue weighted by Gasteiger charge is -2.09. The van der Waals surface area contributed by atoms with Crippen molar-refractivity contribution in [2.45, 2.75) is 4.90 Å². The van der Waals surface area contributed by atoms with E-state index in [1.807, 2.05) is 30.3 Å². The number of hydrogen-bond donors (Lipinski definition) is 1. The van der Waals surface area contributed by atoms with Crippen molar-refractivity contribution in [1.29, 1.82) is 0 Å². The monoisotopic (exact) mass is 325 g/mol. The van der Waals surface area contributed by atoms with Crippen LogP contribution >= 0.6 is 0 Å². The molecule has 0 amide bonds. The van der Waals surface area contributed by atoms with Gasteiger partial charge in [-0.3, -0.25) is 0 Å².